The van der Waals surface area contributed by atoms with Crippen LogP contribution in [0.15, 0.2) is 60.7 Å². The number of rotatable bonds is 13. The van der Waals surface area contributed by atoms with Crippen LogP contribution in [-0.2, 0) is 4.79 Å². The molecule has 3 rings (SSSR count). The molecule has 0 aliphatic carbocycles. The van der Waals surface area contributed by atoms with Gasteiger partial charge in [-0.2, -0.15) is 0 Å². The second-order valence-corrected chi connectivity index (χ2v) is 9.93. The molecule has 3 N–H and O–H groups in total. The average Bonchev–Trinajstić information content (AvgIpc) is 2.90. The van der Waals surface area contributed by atoms with E-state index in [0.717, 1.165) is 34.4 Å². The number of halogens is 3. The summed E-state index contributed by atoms with van der Waals surface area (Å²) in [4.78, 5) is 22.9. The fourth-order valence-electron chi connectivity index (χ4n) is 4.42. The monoisotopic (exact) mass is 572 g/mol. The molecule has 2 atom stereocenters. The summed E-state index contributed by atoms with van der Waals surface area (Å²) in [6.07, 6.45) is -3.97. The van der Waals surface area contributed by atoms with E-state index in [2.05, 4.69) is 29.2 Å². The van der Waals surface area contributed by atoms with Crippen molar-refractivity contribution in [3.8, 4) is 22.6 Å². The summed E-state index contributed by atoms with van der Waals surface area (Å²) >= 11 is 0. The van der Waals surface area contributed by atoms with E-state index >= 15 is 0 Å². The zero-order valence-electron chi connectivity index (χ0n) is 23.5. The number of carbonyl (C=O) groups is 2. The van der Waals surface area contributed by atoms with E-state index < -0.39 is 12.3 Å². The van der Waals surface area contributed by atoms with Crippen LogP contribution in [0.25, 0.3) is 11.1 Å². The minimum absolute atomic E-state index is 0.0308. The predicted octanol–water partition coefficient (Wildman–Crippen LogP) is 6.98. The summed E-state index contributed by atoms with van der Waals surface area (Å²) in [5.41, 5.74) is 4.80. The molecule has 0 aromatic heterocycles. The van der Waals surface area contributed by atoms with E-state index in [9.17, 15) is 22.8 Å². The summed E-state index contributed by atoms with van der Waals surface area (Å²) < 4.78 is 47.7. The van der Waals surface area contributed by atoms with Crippen LogP contribution in [0, 0.1) is 19.8 Å². The maximum absolute atomic E-state index is 12.5. The van der Waals surface area contributed by atoms with Gasteiger partial charge >= 0.3 is 12.3 Å². The van der Waals surface area contributed by atoms with Crippen molar-refractivity contribution in [3.05, 3.63) is 77.4 Å². The first kappa shape index (κ1) is 31.3. The quantitative estimate of drug-likeness (QED) is 0.205. The molecule has 0 fully saturated rings. The van der Waals surface area contributed by atoms with Gasteiger partial charge in [-0.05, 0) is 90.6 Å². The molecule has 0 radical (unpaired) electrons. The van der Waals surface area contributed by atoms with Crippen molar-refractivity contribution in [2.75, 3.05) is 18.5 Å². The first-order chi connectivity index (χ1) is 19.4. The molecule has 41 heavy (non-hydrogen) atoms. The van der Waals surface area contributed by atoms with Gasteiger partial charge in [0.15, 0.2) is 0 Å². The molecule has 7 nitrogen and oxygen atoms in total. The van der Waals surface area contributed by atoms with E-state index in [1.807, 2.05) is 26.0 Å². The van der Waals surface area contributed by atoms with Gasteiger partial charge in [0, 0.05) is 17.8 Å². The Morgan fingerprint density at radius 1 is 0.951 bits per heavy atom. The van der Waals surface area contributed by atoms with Gasteiger partial charge in [-0.25, -0.2) is 0 Å². The molecule has 0 saturated carbocycles. The lowest BCUT2D eigenvalue weighted by molar-refractivity contribution is -0.274. The molecule has 3 aromatic rings. The Bertz CT molecular complexity index is 1300. The topological polar surface area (TPSA) is 96.9 Å². The molecule has 1 amide bonds. The van der Waals surface area contributed by atoms with E-state index in [-0.39, 0.29) is 36.6 Å². The molecule has 0 bridgehead atoms. The third kappa shape index (κ3) is 9.44. The van der Waals surface area contributed by atoms with Crippen LogP contribution in [0.2, 0.25) is 0 Å². The van der Waals surface area contributed by atoms with Crippen molar-refractivity contribution in [2.24, 2.45) is 5.92 Å². The second-order valence-electron chi connectivity index (χ2n) is 9.93. The first-order valence-electron chi connectivity index (χ1n) is 13.3. The Hall–Kier alpha value is -4.21. The van der Waals surface area contributed by atoms with Crippen LogP contribution >= 0.6 is 0 Å². The lowest BCUT2D eigenvalue weighted by Gasteiger charge is -2.26. The van der Waals surface area contributed by atoms with E-state index in [1.165, 1.54) is 12.1 Å². The number of ether oxygens (including phenoxy) is 2. The lowest BCUT2D eigenvalue weighted by Crippen LogP contribution is -2.33. The van der Waals surface area contributed by atoms with Crippen molar-refractivity contribution in [1.82, 2.24) is 5.32 Å². The molecule has 220 valence electrons. The molecule has 0 aliphatic rings. The van der Waals surface area contributed by atoms with E-state index in [4.69, 9.17) is 9.84 Å². The third-order valence-corrected chi connectivity index (χ3v) is 6.77. The number of aliphatic carboxylic acids is 1. The van der Waals surface area contributed by atoms with Crippen molar-refractivity contribution in [3.63, 3.8) is 0 Å². The number of nitrogens with one attached hydrogen (secondary N) is 2. The number of carboxylic acid groups (broad SMARTS) is 1. The Balaban J connectivity index is 1.66. The van der Waals surface area contributed by atoms with Crippen molar-refractivity contribution in [2.45, 2.75) is 52.9 Å². The number of aryl methyl sites for hydroxylation is 2. The molecule has 0 aliphatic heterocycles. The van der Waals surface area contributed by atoms with Crippen LogP contribution < -0.4 is 20.1 Å². The Morgan fingerprint density at radius 2 is 1.56 bits per heavy atom. The summed E-state index contributed by atoms with van der Waals surface area (Å²) in [5, 5.41) is 14.8. The van der Waals surface area contributed by atoms with Gasteiger partial charge in [-0.1, -0.05) is 32.4 Å². The highest BCUT2D eigenvalue weighted by Gasteiger charge is 2.31. The Kier molecular flexibility index (Phi) is 10.6. The third-order valence-electron chi connectivity index (χ3n) is 6.77. The number of hydrogen-bond donors (Lipinski definition) is 3. The zero-order chi connectivity index (χ0) is 30.2. The van der Waals surface area contributed by atoms with Crippen LogP contribution in [0.5, 0.6) is 11.5 Å². The summed E-state index contributed by atoms with van der Waals surface area (Å²) in [7, 11) is 0. The normalized spacial score (nSPS) is 12.8. The highest BCUT2D eigenvalue weighted by molar-refractivity contribution is 5.94. The van der Waals surface area contributed by atoms with Crippen LogP contribution in [0.4, 0.5) is 18.9 Å². The molecular weight excluding hydrogens is 537 g/mol. The van der Waals surface area contributed by atoms with Gasteiger partial charge in [0.2, 0.25) is 0 Å². The van der Waals surface area contributed by atoms with Gasteiger partial charge in [-0.3, -0.25) is 9.59 Å². The predicted molar refractivity (Wildman–Crippen MR) is 151 cm³/mol. The SMILES string of the molecule is CC[C@H](C)[C@@H](COc1cc(C)c(-c2ccc(OC(F)(F)F)cc2)c(C)c1)Nc1ccc(C(=O)NCCC(=O)O)cc1. The highest BCUT2D eigenvalue weighted by Crippen LogP contribution is 2.33. The zero-order valence-corrected chi connectivity index (χ0v) is 23.5. The number of benzene rings is 3. The van der Waals surface area contributed by atoms with E-state index in [1.54, 1.807) is 36.4 Å². The second kappa shape index (κ2) is 13.9. The average molecular weight is 573 g/mol. The highest BCUT2D eigenvalue weighted by atomic mass is 19.4. The maximum atomic E-state index is 12.5. The minimum atomic E-state index is -4.74. The fraction of sp³-hybridized carbons (Fsp3) is 0.355. The molecular formula is C31H35F3N2O5. The van der Waals surface area contributed by atoms with Gasteiger partial charge in [-0.15, -0.1) is 13.2 Å². The molecule has 0 saturated heterocycles. The molecule has 0 spiro atoms. The van der Waals surface area contributed by atoms with Crippen molar-refractivity contribution in [1.29, 1.82) is 0 Å². The minimum Gasteiger partial charge on any atom is -0.491 e. The number of alkyl halides is 3. The maximum Gasteiger partial charge on any atom is 0.573 e. The molecule has 3 aromatic carbocycles. The van der Waals surface area contributed by atoms with Gasteiger partial charge in [0.1, 0.15) is 18.1 Å². The smallest absolute Gasteiger partial charge is 0.491 e. The molecule has 10 heteroatoms. The Morgan fingerprint density at radius 3 is 2.10 bits per heavy atom. The number of amides is 1. The van der Waals surface area contributed by atoms with Crippen LogP contribution in [0.1, 0.15) is 48.2 Å². The van der Waals surface area contributed by atoms with Gasteiger partial charge in [0.05, 0.1) is 12.5 Å². The number of carboxylic acids is 1. The summed E-state index contributed by atoms with van der Waals surface area (Å²) in [6.45, 7) is 8.52. The van der Waals surface area contributed by atoms with Gasteiger partial charge in [0.25, 0.3) is 5.91 Å². The number of hydrogen-bond acceptors (Lipinski definition) is 5. The number of carbonyl (C=O) groups excluding carboxylic acids is 1. The lowest BCUT2D eigenvalue weighted by atomic mass is 9.95. The van der Waals surface area contributed by atoms with Crippen LogP contribution in [-0.4, -0.2) is 42.5 Å². The molecule has 0 unspecified atom stereocenters. The van der Waals surface area contributed by atoms with E-state index in [0.29, 0.717) is 17.9 Å². The molecule has 0 heterocycles. The first-order valence-corrected chi connectivity index (χ1v) is 13.3. The fourth-order valence-corrected chi connectivity index (χ4v) is 4.42. The van der Waals surface area contributed by atoms with Crippen molar-refractivity contribution < 1.29 is 37.3 Å². The Labute approximate surface area is 237 Å². The summed E-state index contributed by atoms with van der Waals surface area (Å²) in [6, 6.07) is 16.6. The standard InChI is InChI=1S/C31H35F3N2O5/c1-5-19(2)27(36-24-10-6-23(7-11-24)30(39)35-15-14-28(37)38)18-40-26-16-20(3)29(21(4)17-26)22-8-12-25(13-9-22)41-31(32,33)34/h6-13,16-17,19,27,36H,5,14-15,18H2,1-4H3,(H,35,39)(H,37,38)/t19-,27+/m0/s1. The summed E-state index contributed by atoms with van der Waals surface area (Å²) in [5.74, 6) is -0.622. The number of anilines is 1. The largest absolute Gasteiger partial charge is 0.573 e. The van der Waals surface area contributed by atoms with Crippen molar-refractivity contribution >= 4 is 17.6 Å². The van der Waals surface area contributed by atoms with Gasteiger partial charge < -0.3 is 25.2 Å². The van der Waals surface area contributed by atoms with Crippen LogP contribution in [0.3, 0.4) is 0 Å².